The summed E-state index contributed by atoms with van der Waals surface area (Å²) in [6.07, 6.45) is 1.87. The number of benzene rings is 1. The van der Waals surface area contributed by atoms with Gasteiger partial charge < -0.3 is 14.8 Å². The Bertz CT molecular complexity index is 883. The van der Waals surface area contributed by atoms with Crippen LogP contribution in [0.1, 0.15) is 0 Å². The molecule has 134 valence electrons. The molecule has 0 spiro atoms. The van der Waals surface area contributed by atoms with Gasteiger partial charge in [-0.1, -0.05) is 0 Å². The molecule has 0 fully saturated rings. The number of ether oxygens (including phenoxy) is 2. The zero-order valence-electron chi connectivity index (χ0n) is 13.6. The van der Waals surface area contributed by atoms with E-state index in [2.05, 4.69) is 20.0 Å². The number of nitrogens with zero attached hydrogens (tertiary/aromatic N) is 2. The lowest BCUT2D eigenvalue weighted by Crippen LogP contribution is -2.16. The van der Waals surface area contributed by atoms with E-state index in [0.29, 0.717) is 17.1 Å². The SMILES string of the molecule is COc1cncc(-c2cncc(Nc3ccc(OC(F)(F)F)cc3)c2)c1. The average Bonchev–Trinajstić information content (AvgIpc) is 2.62. The highest BCUT2D eigenvalue weighted by atomic mass is 19.4. The van der Waals surface area contributed by atoms with Crippen molar-refractivity contribution in [2.45, 2.75) is 6.36 Å². The molecule has 0 aliphatic heterocycles. The van der Waals surface area contributed by atoms with Crippen LogP contribution in [0.2, 0.25) is 0 Å². The number of hydrogen-bond donors (Lipinski definition) is 1. The molecule has 8 heteroatoms. The van der Waals surface area contributed by atoms with Crippen LogP contribution in [-0.4, -0.2) is 23.4 Å². The van der Waals surface area contributed by atoms with E-state index in [1.807, 2.05) is 12.1 Å². The molecule has 3 aromatic rings. The van der Waals surface area contributed by atoms with Crippen molar-refractivity contribution in [1.29, 1.82) is 0 Å². The number of nitrogens with one attached hydrogen (secondary N) is 1. The van der Waals surface area contributed by atoms with E-state index in [9.17, 15) is 13.2 Å². The summed E-state index contributed by atoms with van der Waals surface area (Å²) in [5.41, 5.74) is 2.92. The number of hydrogen-bond acceptors (Lipinski definition) is 5. The maximum Gasteiger partial charge on any atom is 0.573 e. The second-order valence-electron chi connectivity index (χ2n) is 5.27. The Labute approximate surface area is 147 Å². The first kappa shape index (κ1) is 17.5. The number of pyridine rings is 2. The molecule has 0 unspecified atom stereocenters. The highest BCUT2D eigenvalue weighted by Gasteiger charge is 2.30. The lowest BCUT2D eigenvalue weighted by atomic mass is 10.1. The van der Waals surface area contributed by atoms with Crippen LogP contribution < -0.4 is 14.8 Å². The minimum atomic E-state index is -4.71. The Hall–Kier alpha value is -3.29. The average molecular weight is 361 g/mol. The van der Waals surface area contributed by atoms with E-state index in [-0.39, 0.29) is 5.75 Å². The van der Waals surface area contributed by atoms with Crippen LogP contribution in [0.3, 0.4) is 0 Å². The van der Waals surface area contributed by atoms with Gasteiger partial charge in [0, 0.05) is 29.2 Å². The van der Waals surface area contributed by atoms with Crippen molar-refractivity contribution in [3.63, 3.8) is 0 Å². The number of anilines is 2. The third-order valence-corrected chi connectivity index (χ3v) is 3.40. The van der Waals surface area contributed by atoms with Crippen molar-refractivity contribution in [3.05, 3.63) is 61.2 Å². The topological polar surface area (TPSA) is 56.3 Å². The molecule has 0 saturated heterocycles. The second kappa shape index (κ2) is 7.30. The van der Waals surface area contributed by atoms with Crippen LogP contribution in [-0.2, 0) is 0 Å². The summed E-state index contributed by atoms with van der Waals surface area (Å²) in [4.78, 5) is 8.28. The molecule has 3 rings (SSSR count). The molecule has 5 nitrogen and oxygen atoms in total. The monoisotopic (exact) mass is 361 g/mol. The Kier molecular flexibility index (Phi) is 4.92. The van der Waals surface area contributed by atoms with E-state index in [1.165, 1.54) is 24.3 Å². The van der Waals surface area contributed by atoms with Gasteiger partial charge in [0.05, 0.1) is 25.2 Å². The van der Waals surface area contributed by atoms with Crippen LogP contribution >= 0.6 is 0 Å². The molecule has 2 heterocycles. The number of aromatic nitrogens is 2. The molecular formula is C18H14F3N3O2. The first-order chi connectivity index (χ1) is 12.4. The van der Waals surface area contributed by atoms with Gasteiger partial charge >= 0.3 is 6.36 Å². The molecule has 0 atom stereocenters. The zero-order chi connectivity index (χ0) is 18.6. The van der Waals surface area contributed by atoms with Gasteiger partial charge in [0.15, 0.2) is 0 Å². The summed E-state index contributed by atoms with van der Waals surface area (Å²) in [7, 11) is 1.56. The Morgan fingerprint density at radius 3 is 2.12 bits per heavy atom. The Balaban J connectivity index is 1.76. The fourth-order valence-corrected chi connectivity index (χ4v) is 2.26. The first-order valence-corrected chi connectivity index (χ1v) is 7.50. The summed E-state index contributed by atoms with van der Waals surface area (Å²) in [5, 5.41) is 3.08. The molecule has 0 aliphatic carbocycles. The molecule has 1 aromatic carbocycles. The molecule has 1 N–H and O–H groups in total. The van der Waals surface area contributed by atoms with Crippen LogP contribution in [0, 0.1) is 0 Å². The fourth-order valence-electron chi connectivity index (χ4n) is 2.26. The van der Waals surface area contributed by atoms with Crippen LogP contribution in [0.5, 0.6) is 11.5 Å². The number of methoxy groups -OCH3 is 1. The lowest BCUT2D eigenvalue weighted by molar-refractivity contribution is -0.274. The van der Waals surface area contributed by atoms with Crippen molar-refractivity contribution in [1.82, 2.24) is 9.97 Å². The summed E-state index contributed by atoms with van der Waals surface area (Å²) in [6, 6.07) is 9.13. The van der Waals surface area contributed by atoms with E-state index in [0.717, 1.165) is 11.1 Å². The van der Waals surface area contributed by atoms with Crippen molar-refractivity contribution < 1.29 is 22.6 Å². The largest absolute Gasteiger partial charge is 0.573 e. The predicted molar refractivity (Wildman–Crippen MR) is 90.4 cm³/mol. The third kappa shape index (κ3) is 4.62. The summed E-state index contributed by atoms with van der Waals surface area (Å²) in [5.74, 6) is 0.346. The van der Waals surface area contributed by atoms with Gasteiger partial charge in [-0.2, -0.15) is 0 Å². The molecule has 0 amide bonds. The molecule has 0 radical (unpaired) electrons. The summed E-state index contributed by atoms with van der Waals surface area (Å²) >= 11 is 0. The lowest BCUT2D eigenvalue weighted by Gasteiger charge is -2.11. The van der Waals surface area contributed by atoms with Gasteiger partial charge in [0.2, 0.25) is 0 Å². The van der Waals surface area contributed by atoms with Crippen molar-refractivity contribution in [2.75, 3.05) is 12.4 Å². The van der Waals surface area contributed by atoms with E-state index in [4.69, 9.17) is 4.74 Å². The van der Waals surface area contributed by atoms with Gasteiger partial charge in [-0.15, -0.1) is 13.2 Å². The van der Waals surface area contributed by atoms with Crippen molar-refractivity contribution >= 4 is 11.4 Å². The van der Waals surface area contributed by atoms with E-state index >= 15 is 0 Å². The third-order valence-electron chi connectivity index (χ3n) is 3.40. The van der Waals surface area contributed by atoms with Crippen molar-refractivity contribution in [3.8, 4) is 22.6 Å². The van der Waals surface area contributed by atoms with E-state index in [1.54, 1.807) is 31.9 Å². The van der Waals surface area contributed by atoms with Crippen LogP contribution in [0.15, 0.2) is 61.2 Å². The van der Waals surface area contributed by atoms with Crippen molar-refractivity contribution in [2.24, 2.45) is 0 Å². The van der Waals surface area contributed by atoms with Crippen LogP contribution in [0.25, 0.3) is 11.1 Å². The number of rotatable bonds is 5. The van der Waals surface area contributed by atoms with Gasteiger partial charge in [-0.25, -0.2) is 0 Å². The Morgan fingerprint density at radius 2 is 1.46 bits per heavy atom. The normalized spacial score (nSPS) is 11.1. The maximum atomic E-state index is 12.2. The van der Waals surface area contributed by atoms with Gasteiger partial charge in [-0.3, -0.25) is 9.97 Å². The van der Waals surface area contributed by atoms with Gasteiger partial charge in [0.1, 0.15) is 11.5 Å². The van der Waals surface area contributed by atoms with Gasteiger partial charge in [-0.05, 0) is 36.4 Å². The standard InChI is InChI=1S/C18H14F3N3O2/c1-25-17-7-13(9-23-11-17)12-6-15(10-22-8-12)24-14-2-4-16(5-3-14)26-18(19,20)21/h2-11,24H,1H3. The number of alkyl halides is 3. The highest BCUT2D eigenvalue weighted by Crippen LogP contribution is 2.27. The quantitative estimate of drug-likeness (QED) is 0.708. The van der Waals surface area contributed by atoms with Gasteiger partial charge in [0.25, 0.3) is 0 Å². The molecule has 26 heavy (non-hydrogen) atoms. The minimum Gasteiger partial charge on any atom is -0.495 e. The molecule has 2 aromatic heterocycles. The fraction of sp³-hybridized carbons (Fsp3) is 0.111. The summed E-state index contributed by atoms with van der Waals surface area (Å²) < 4.78 is 45.6. The molecular weight excluding hydrogens is 347 g/mol. The molecule has 0 saturated carbocycles. The smallest absolute Gasteiger partial charge is 0.495 e. The maximum absolute atomic E-state index is 12.2. The Morgan fingerprint density at radius 1 is 0.808 bits per heavy atom. The highest BCUT2D eigenvalue weighted by molar-refractivity contribution is 5.69. The number of halogens is 3. The second-order valence-corrected chi connectivity index (χ2v) is 5.27. The predicted octanol–water partition coefficient (Wildman–Crippen LogP) is 4.79. The van der Waals surface area contributed by atoms with Crippen LogP contribution in [0.4, 0.5) is 24.5 Å². The molecule has 0 bridgehead atoms. The first-order valence-electron chi connectivity index (χ1n) is 7.50. The molecule has 0 aliphatic rings. The zero-order valence-corrected chi connectivity index (χ0v) is 13.6. The van der Waals surface area contributed by atoms with E-state index < -0.39 is 6.36 Å². The minimum absolute atomic E-state index is 0.280. The summed E-state index contributed by atoms with van der Waals surface area (Å²) in [6.45, 7) is 0.